The number of nitrogens with two attached hydrogens (primary N) is 1. The third-order valence-electron chi connectivity index (χ3n) is 5.39. The third-order valence-corrected chi connectivity index (χ3v) is 5.39. The van der Waals surface area contributed by atoms with Crippen molar-refractivity contribution in [3.8, 4) is 28.6 Å². The topological polar surface area (TPSA) is 99.4 Å². The molecule has 1 heterocycles. The molecule has 1 amide bonds. The van der Waals surface area contributed by atoms with Gasteiger partial charge in [0.05, 0.1) is 7.11 Å². The van der Waals surface area contributed by atoms with Gasteiger partial charge < -0.3 is 20.5 Å². The summed E-state index contributed by atoms with van der Waals surface area (Å²) in [5.41, 5.74) is 8.55. The highest BCUT2D eigenvalue weighted by molar-refractivity contribution is 5.92. The van der Waals surface area contributed by atoms with Gasteiger partial charge in [-0.3, -0.25) is 4.79 Å². The maximum absolute atomic E-state index is 13.1. The predicted molar refractivity (Wildman–Crippen MR) is 132 cm³/mol. The maximum atomic E-state index is 13.1. The Hall–Kier alpha value is -4.46. The van der Waals surface area contributed by atoms with E-state index >= 15 is 0 Å². The van der Waals surface area contributed by atoms with E-state index in [1.54, 1.807) is 43.5 Å². The predicted octanol–water partition coefficient (Wildman–Crippen LogP) is 5.36. The second kappa shape index (κ2) is 10.6. The minimum Gasteiger partial charge on any atom is -0.497 e. The lowest BCUT2D eigenvalue weighted by molar-refractivity contribution is 0.0995. The number of methoxy groups -OCH3 is 1. The standard InChI is InChI=1S/C27H25FN4O3/c1-3-17-14-23(34-2)11-6-19(17)16-30-25-15-24(26(29)33)31-27(32-25)18-4-9-21(10-5-18)35-22-12-7-20(28)8-13-22/h4-15H,3,16H2,1-2H3,(H2,29,33)(H,30,31,32). The molecule has 3 aromatic carbocycles. The average Bonchev–Trinajstić information content (AvgIpc) is 2.89. The van der Waals surface area contributed by atoms with Gasteiger partial charge in [0.2, 0.25) is 0 Å². The molecule has 0 radical (unpaired) electrons. The van der Waals surface area contributed by atoms with Crippen LogP contribution in [0.25, 0.3) is 11.4 Å². The zero-order chi connectivity index (χ0) is 24.8. The van der Waals surface area contributed by atoms with Gasteiger partial charge in [0.25, 0.3) is 5.91 Å². The first-order valence-electron chi connectivity index (χ1n) is 11.1. The van der Waals surface area contributed by atoms with Crippen LogP contribution in [0.15, 0.2) is 72.8 Å². The van der Waals surface area contributed by atoms with E-state index in [4.69, 9.17) is 15.2 Å². The van der Waals surface area contributed by atoms with E-state index in [-0.39, 0.29) is 11.5 Å². The summed E-state index contributed by atoms with van der Waals surface area (Å²) in [6.45, 7) is 2.59. The molecular weight excluding hydrogens is 447 g/mol. The molecule has 0 unspecified atom stereocenters. The number of benzene rings is 3. The van der Waals surface area contributed by atoms with Crippen LogP contribution in [0.4, 0.5) is 10.2 Å². The Morgan fingerprint density at radius 3 is 2.20 bits per heavy atom. The van der Waals surface area contributed by atoms with Gasteiger partial charge in [0.1, 0.15) is 34.6 Å². The van der Waals surface area contributed by atoms with Crippen LogP contribution in [-0.2, 0) is 13.0 Å². The van der Waals surface area contributed by atoms with E-state index in [1.807, 2.05) is 18.2 Å². The fraction of sp³-hybridized carbons (Fsp3) is 0.148. The summed E-state index contributed by atoms with van der Waals surface area (Å²) in [7, 11) is 1.64. The highest BCUT2D eigenvalue weighted by Gasteiger charge is 2.12. The molecule has 8 heteroatoms. The third kappa shape index (κ3) is 5.92. The van der Waals surface area contributed by atoms with E-state index in [1.165, 1.54) is 18.2 Å². The fourth-order valence-electron chi connectivity index (χ4n) is 3.52. The largest absolute Gasteiger partial charge is 0.497 e. The van der Waals surface area contributed by atoms with Crippen molar-refractivity contribution in [2.24, 2.45) is 5.73 Å². The Bertz CT molecular complexity index is 1330. The molecule has 1 aromatic heterocycles. The average molecular weight is 473 g/mol. The van der Waals surface area contributed by atoms with Gasteiger partial charge in [-0.2, -0.15) is 0 Å². The van der Waals surface area contributed by atoms with Gasteiger partial charge >= 0.3 is 0 Å². The van der Waals surface area contributed by atoms with E-state index < -0.39 is 5.91 Å². The zero-order valence-electron chi connectivity index (χ0n) is 19.4. The lowest BCUT2D eigenvalue weighted by Crippen LogP contribution is -2.15. The second-order valence-electron chi connectivity index (χ2n) is 7.75. The Kier molecular flexibility index (Phi) is 7.21. The molecule has 4 rings (SSSR count). The molecule has 35 heavy (non-hydrogen) atoms. The van der Waals surface area contributed by atoms with Crippen LogP contribution >= 0.6 is 0 Å². The molecule has 178 valence electrons. The van der Waals surface area contributed by atoms with Gasteiger partial charge in [-0.1, -0.05) is 13.0 Å². The number of hydrogen-bond donors (Lipinski definition) is 2. The minimum absolute atomic E-state index is 0.106. The van der Waals surface area contributed by atoms with Crippen LogP contribution in [0.3, 0.4) is 0 Å². The summed E-state index contributed by atoms with van der Waals surface area (Å²) in [4.78, 5) is 20.8. The lowest BCUT2D eigenvalue weighted by Gasteiger charge is -2.13. The molecule has 0 saturated carbocycles. The van der Waals surface area contributed by atoms with Gasteiger partial charge in [0, 0.05) is 18.2 Å². The molecule has 0 atom stereocenters. The van der Waals surface area contributed by atoms with Crippen molar-refractivity contribution >= 4 is 11.7 Å². The van der Waals surface area contributed by atoms with Crippen LogP contribution in [0.2, 0.25) is 0 Å². The number of halogens is 1. The Labute approximate surface area is 202 Å². The number of ether oxygens (including phenoxy) is 2. The fourth-order valence-corrected chi connectivity index (χ4v) is 3.52. The van der Waals surface area contributed by atoms with Crippen molar-refractivity contribution in [1.29, 1.82) is 0 Å². The van der Waals surface area contributed by atoms with Crippen molar-refractivity contribution in [3.63, 3.8) is 0 Å². The van der Waals surface area contributed by atoms with Gasteiger partial charge in [0.15, 0.2) is 5.82 Å². The first-order chi connectivity index (χ1) is 16.9. The van der Waals surface area contributed by atoms with E-state index in [0.29, 0.717) is 35.2 Å². The molecule has 0 bridgehead atoms. The van der Waals surface area contributed by atoms with Crippen LogP contribution in [0.5, 0.6) is 17.2 Å². The van der Waals surface area contributed by atoms with Crippen molar-refractivity contribution < 1.29 is 18.7 Å². The van der Waals surface area contributed by atoms with Crippen molar-refractivity contribution in [2.45, 2.75) is 19.9 Å². The van der Waals surface area contributed by atoms with Gasteiger partial charge in [-0.25, -0.2) is 14.4 Å². The number of anilines is 1. The molecule has 3 N–H and O–H groups in total. The number of carbonyl (C=O) groups is 1. The number of nitrogens with zero attached hydrogens (tertiary/aromatic N) is 2. The van der Waals surface area contributed by atoms with Gasteiger partial charge in [-0.15, -0.1) is 0 Å². The van der Waals surface area contributed by atoms with Crippen molar-refractivity contribution in [3.05, 3.63) is 95.4 Å². The van der Waals surface area contributed by atoms with Crippen LogP contribution in [0.1, 0.15) is 28.5 Å². The normalized spacial score (nSPS) is 10.6. The molecule has 0 saturated heterocycles. The number of aryl methyl sites for hydroxylation is 1. The molecule has 4 aromatic rings. The summed E-state index contributed by atoms with van der Waals surface area (Å²) < 4.78 is 24.1. The zero-order valence-corrected chi connectivity index (χ0v) is 19.4. The Balaban J connectivity index is 1.55. The number of rotatable bonds is 9. The number of nitrogens with one attached hydrogen (secondary N) is 1. The number of amides is 1. The number of aromatic nitrogens is 2. The van der Waals surface area contributed by atoms with Crippen LogP contribution < -0.4 is 20.5 Å². The minimum atomic E-state index is -0.647. The van der Waals surface area contributed by atoms with Crippen LogP contribution in [0, 0.1) is 5.82 Å². The second-order valence-corrected chi connectivity index (χ2v) is 7.75. The molecule has 0 fully saturated rings. The first-order valence-corrected chi connectivity index (χ1v) is 11.1. The Morgan fingerprint density at radius 1 is 0.914 bits per heavy atom. The maximum Gasteiger partial charge on any atom is 0.267 e. The van der Waals surface area contributed by atoms with E-state index in [9.17, 15) is 9.18 Å². The van der Waals surface area contributed by atoms with Gasteiger partial charge in [-0.05, 0) is 78.2 Å². The summed E-state index contributed by atoms with van der Waals surface area (Å²) in [6, 6.07) is 20.3. The monoisotopic (exact) mass is 472 g/mol. The molecule has 0 aliphatic rings. The number of carbonyl (C=O) groups excluding carboxylic acids is 1. The quantitative estimate of drug-likeness (QED) is 0.340. The van der Waals surface area contributed by atoms with E-state index in [0.717, 1.165) is 23.3 Å². The number of hydrogen-bond acceptors (Lipinski definition) is 6. The molecule has 0 aliphatic heterocycles. The molecular formula is C27H25FN4O3. The lowest BCUT2D eigenvalue weighted by atomic mass is 10.0. The van der Waals surface area contributed by atoms with Crippen LogP contribution in [-0.4, -0.2) is 23.0 Å². The molecule has 7 nitrogen and oxygen atoms in total. The summed E-state index contributed by atoms with van der Waals surface area (Å²) in [5, 5.41) is 3.27. The number of primary amides is 1. The van der Waals surface area contributed by atoms with Crippen molar-refractivity contribution in [1.82, 2.24) is 9.97 Å². The summed E-state index contributed by atoms with van der Waals surface area (Å²) in [6.07, 6.45) is 0.849. The summed E-state index contributed by atoms with van der Waals surface area (Å²) >= 11 is 0. The molecule has 0 spiro atoms. The first kappa shape index (κ1) is 23.7. The summed E-state index contributed by atoms with van der Waals surface area (Å²) in [5.74, 6) is 1.74. The highest BCUT2D eigenvalue weighted by Crippen LogP contribution is 2.26. The van der Waals surface area contributed by atoms with E-state index in [2.05, 4.69) is 22.2 Å². The SMILES string of the molecule is CCc1cc(OC)ccc1CNc1cc(C(N)=O)nc(-c2ccc(Oc3ccc(F)cc3)cc2)n1. The van der Waals surface area contributed by atoms with Crippen molar-refractivity contribution in [2.75, 3.05) is 12.4 Å². The smallest absolute Gasteiger partial charge is 0.267 e. The Morgan fingerprint density at radius 2 is 1.57 bits per heavy atom. The highest BCUT2D eigenvalue weighted by atomic mass is 19.1. The molecule has 0 aliphatic carbocycles.